The van der Waals surface area contributed by atoms with Gasteiger partial charge in [-0.05, 0) is 30.7 Å². The highest BCUT2D eigenvalue weighted by molar-refractivity contribution is 8.26. The van der Waals surface area contributed by atoms with Crippen LogP contribution in [0.5, 0.6) is 11.5 Å². The first-order chi connectivity index (χ1) is 11.5. The van der Waals surface area contributed by atoms with E-state index < -0.39 is 5.97 Å². The molecule has 1 aliphatic rings. The van der Waals surface area contributed by atoms with Crippen molar-refractivity contribution in [3.8, 4) is 11.5 Å². The second-order valence-corrected chi connectivity index (χ2v) is 6.50. The molecule has 2 rings (SSSR count). The lowest BCUT2D eigenvalue weighted by atomic mass is 10.2. The Balaban J connectivity index is 2.20. The number of nitrogens with zero attached hydrogens (tertiary/aromatic N) is 1. The third kappa shape index (κ3) is 4.27. The van der Waals surface area contributed by atoms with Gasteiger partial charge in [-0.25, -0.2) is 0 Å². The molecule has 0 bridgehead atoms. The quantitative estimate of drug-likeness (QED) is 0.586. The number of amides is 1. The molecule has 1 fully saturated rings. The van der Waals surface area contributed by atoms with Crippen LogP contribution in [0.3, 0.4) is 0 Å². The molecule has 0 unspecified atom stereocenters. The summed E-state index contributed by atoms with van der Waals surface area (Å²) in [6, 6.07) is 5.37. The molecule has 6 nitrogen and oxygen atoms in total. The van der Waals surface area contributed by atoms with Crippen molar-refractivity contribution in [1.82, 2.24) is 4.90 Å². The number of methoxy groups -OCH3 is 1. The van der Waals surface area contributed by atoms with Crippen LogP contribution < -0.4 is 9.47 Å². The van der Waals surface area contributed by atoms with E-state index in [2.05, 4.69) is 0 Å². The first-order valence-electron chi connectivity index (χ1n) is 7.24. The van der Waals surface area contributed by atoms with Crippen LogP contribution in [0.4, 0.5) is 0 Å². The van der Waals surface area contributed by atoms with Gasteiger partial charge in [0.15, 0.2) is 11.5 Å². The van der Waals surface area contributed by atoms with Gasteiger partial charge in [0.05, 0.1) is 25.0 Å². The lowest BCUT2D eigenvalue weighted by Crippen LogP contribution is -2.30. The van der Waals surface area contributed by atoms with Gasteiger partial charge in [-0.1, -0.05) is 30.0 Å². The minimum atomic E-state index is -0.968. The van der Waals surface area contributed by atoms with Gasteiger partial charge in [0.1, 0.15) is 4.32 Å². The number of aliphatic carboxylic acids is 1. The SMILES string of the molecule is CCOc1ccc(C=C2SC(=S)N(CCC(=O)O)C2=O)cc1OC. The summed E-state index contributed by atoms with van der Waals surface area (Å²) in [5.74, 6) is -0.0403. The smallest absolute Gasteiger partial charge is 0.305 e. The number of hydrogen-bond acceptors (Lipinski definition) is 6. The molecule has 0 aromatic heterocycles. The van der Waals surface area contributed by atoms with Crippen LogP contribution >= 0.6 is 24.0 Å². The Morgan fingerprint density at radius 2 is 2.17 bits per heavy atom. The van der Waals surface area contributed by atoms with Crippen molar-refractivity contribution in [2.45, 2.75) is 13.3 Å². The van der Waals surface area contributed by atoms with E-state index in [9.17, 15) is 9.59 Å². The maximum Gasteiger partial charge on any atom is 0.305 e. The molecule has 1 saturated heterocycles. The van der Waals surface area contributed by atoms with Crippen LogP contribution in [0.15, 0.2) is 23.1 Å². The lowest BCUT2D eigenvalue weighted by Gasteiger charge is -2.12. The monoisotopic (exact) mass is 367 g/mol. The molecule has 0 saturated carbocycles. The molecule has 0 radical (unpaired) electrons. The van der Waals surface area contributed by atoms with Crippen LogP contribution in [-0.4, -0.2) is 46.5 Å². The molecule has 1 N–H and O–H groups in total. The van der Waals surface area contributed by atoms with Gasteiger partial charge in [-0.2, -0.15) is 0 Å². The van der Waals surface area contributed by atoms with Gasteiger partial charge in [0.2, 0.25) is 0 Å². The molecule has 1 aromatic carbocycles. The zero-order valence-corrected chi connectivity index (χ0v) is 14.9. The second kappa shape index (κ2) is 8.16. The van der Waals surface area contributed by atoms with Gasteiger partial charge < -0.3 is 14.6 Å². The highest BCUT2D eigenvalue weighted by Crippen LogP contribution is 2.34. The van der Waals surface area contributed by atoms with Crippen molar-refractivity contribution in [2.75, 3.05) is 20.3 Å². The summed E-state index contributed by atoms with van der Waals surface area (Å²) in [5.41, 5.74) is 0.772. The number of carbonyl (C=O) groups is 2. The number of carboxylic acid groups (broad SMARTS) is 1. The van der Waals surface area contributed by atoms with E-state index in [1.54, 1.807) is 25.3 Å². The zero-order valence-electron chi connectivity index (χ0n) is 13.3. The van der Waals surface area contributed by atoms with Crippen molar-refractivity contribution >= 4 is 46.3 Å². The van der Waals surface area contributed by atoms with Gasteiger partial charge in [-0.15, -0.1) is 0 Å². The third-order valence-electron chi connectivity index (χ3n) is 3.21. The van der Waals surface area contributed by atoms with E-state index >= 15 is 0 Å². The Morgan fingerprint density at radius 1 is 1.42 bits per heavy atom. The first-order valence-corrected chi connectivity index (χ1v) is 8.46. The van der Waals surface area contributed by atoms with Crippen molar-refractivity contribution in [3.63, 3.8) is 0 Å². The number of thiocarbonyl (C=S) groups is 1. The Kier molecular flexibility index (Phi) is 6.22. The number of benzene rings is 1. The largest absolute Gasteiger partial charge is 0.493 e. The Morgan fingerprint density at radius 3 is 2.79 bits per heavy atom. The molecule has 128 valence electrons. The van der Waals surface area contributed by atoms with E-state index in [4.69, 9.17) is 26.8 Å². The molecule has 1 aliphatic heterocycles. The summed E-state index contributed by atoms with van der Waals surface area (Å²) in [7, 11) is 1.55. The van der Waals surface area contributed by atoms with E-state index in [0.29, 0.717) is 27.3 Å². The summed E-state index contributed by atoms with van der Waals surface area (Å²) < 4.78 is 11.1. The number of rotatable bonds is 7. The standard InChI is InChI=1S/C16H17NO5S2/c1-3-22-11-5-4-10(8-12(11)21-2)9-13-15(20)17(16(23)24-13)7-6-14(18)19/h4-5,8-9H,3,6-7H2,1-2H3,(H,18,19). The summed E-state index contributed by atoms with van der Waals surface area (Å²) in [6.45, 7) is 2.48. The average molecular weight is 367 g/mol. The number of hydrogen-bond donors (Lipinski definition) is 1. The molecule has 24 heavy (non-hydrogen) atoms. The number of carbonyl (C=O) groups excluding carboxylic acids is 1. The topological polar surface area (TPSA) is 76.1 Å². The number of carboxylic acids is 1. The maximum atomic E-state index is 12.4. The summed E-state index contributed by atoms with van der Waals surface area (Å²) >= 11 is 6.32. The van der Waals surface area contributed by atoms with E-state index in [-0.39, 0.29) is 18.9 Å². The van der Waals surface area contributed by atoms with Crippen molar-refractivity contribution in [1.29, 1.82) is 0 Å². The van der Waals surface area contributed by atoms with Crippen molar-refractivity contribution in [3.05, 3.63) is 28.7 Å². The first kappa shape index (κ1) is 18.3. The fourth-order valence-electron chi connectivity index (χ4n) is 2.10. The van der Waals surface area contributed by atoms with Gasteiger partial charge in [0, 0.05) is 6.54 Å². The predicted molar refractivity (Wildman–Crippen MR) is 96.3 cm³/mol. The minimum absolute atomic E-state index is 0.0734. The van der Waals surface area contributed by atoms with E-state index in [0.717, 1.165) is 17.3 Å². The minimum Gasteiger partial charge on any atom is -0.493 e. The molecule has 1 heterocycles. The Bertz CT molecular complexity index is 702. The van der Waals surface area contributed by atoms with Crippen LogP contribution in [0.2, 0.25) is 0 Å². The van der Waals surface area contributed by atoms with Crippen LogP contribution in [-0.2, 0) is 9.59 Å². The van der Waals surface area contributed by atoms with Crippen molar-refractivity contribution < 1.29 is 24.2 Å². The van der Waals surface area contributed by atoms with Gasteiger partial charge in [-0.3, -0.25) is 14.5 Å². The molecule has 8 heteroatoms. The number of thioether (sulfide) groups is 1. The molecule has 1 amide bonds. The fourth-order valence-corrected chi connectivity index (χ4v) is 3.41. The highest BCUT2D eigenvalue weighted by Gasteiger charge is 2.32. The predicted octanol–water partition coefficient (Wildman–Crippen LogP) is 2.77. The van der Waals surface area contributed by atoms with E-state index in [1.165, 1.54) is 4.90 Å². The lowest BCUT2D eigenvalue weighted by molar-refractivity contribution is -0.137. The third-order valence-corrected chi connectivity index (χ3v) is 4.59. The molecule has 0 aliphatic carbocycles. The van der Waals surface area contributed by atoms with Crippen LogP contribution in [0.1, 0.15) is 18.9 Å². The van der Waals surface area contributed by atoms with Gasteiger partial charge >= 0.3 is 5.97 Å². The number of ether oxygens (including phenoxy) is 2. The van der Waals surface area contributed by atoms with Gasteiger partial charge in [0.25, 0.3) is 5.91 Å². The Hall–Kier alpha value is -2.06. The molecule has 0 spiro atoms. The van der Waals surface area contributed by atoms with Crippen molar-refractivity contribution in [2.24, 2.45) is 0 Å². The Labute approximate surface area is 149 Å². The maximum absolute atomic E-state index is 12.4. The average Bonchev–Trinajstić information content (AvgIpc) is 2.80. The molecular weight excluding hydrogens is 350 g/mol. The second-order valence-electron chi connectivity index (χ2n) is 4.82. The summed E-state index contributed by atoms with van der Waals surface area (Å²) in [4.78, 5) is 24.8. The molecule has 0 atom stereocenters. The van der Waals surface area contributed by atoms with Crippen LogP contribution in [0, 0.1) is 0 Å². The molecular formula is C16H17NO5S2. The summed E-state index contributed by atoms with van der Waals surface area (Å²) in [6.07, 6.45) is 1.56. The van der Waals surface area contributed by atoms with Crippen LogP contribution in [0.25, 0.3) is 6.08 Å². The highest BCUT2D eigenvalue weighted by atomic mass is 32.2. The molecule has 1 aromatic rings. The van der Waals surface area contributed by atoms with E-state index in [1.807, 2.05) is 13.0 Å². The summed E-state index contributed by atoms with van der Waals surface area (Å²) in [5, 5.41) is 8.75. The fraction of sp³-hybridized carbons (Fsp3) is 0.312. The zero-order chi connectivity index (χ0) is 17.7. The normalized spacial score (nSPS) is 15.9.